The van der Waals surface area contributed by atoms with Gasteiger partial charge in [0.2, 0.25) is 9.84 Å². The number of allylic oxidation sites excluding steroid dienone is 1. The van der Waals surface area contributed by atoms with E-state index in [4.69, 9.17) is 0 Å². The Bertz CT molecular complexity index is 864. The fraction of sp³-hybridized carbons (Fsp3) is 0.0769. The number of benzene rings is 1. The van der Waals surface area contributed by atoms with Crippen molar-refractivity contribution >= 4 is 47.8 Å². The molecule has 1 aromatic carbocycles. The van der Waals surface area contributed by atoms with E-state index >= 15 is 0 Å². The molecule has 0 aliphatic rings. The quantitative estimate of drug-likeness (QED) is 0.700. The second-order valence-corrected chi connectivity index (χ2v) is 7.80. The second-order valence-electron chi connectivity index (χ2n) is 4.15. The first-order valence-corrected chi connectivity index (χ1v) is 8.72. The van der Waals surface area contributed by atoms with E-state index in [1.807, 2.05) is 0 Å². The van der Waals surface area contributed by atoms with E-state index in [0.717, 1.165) is 0 Å². The number of rotatable bonds is 3. The zero-order chi connectivity index (χ0) is 15.6. The topological polar surface area (TPSA) is 75.8 Å². The van der Waals surface area contributed by atoms with E-state index in [1.165, 1.54) is 23.0 Å². The van der Waals surface area contributed by atoms with Gasteiger partial charge < -0.3 is 0 Å². The number of hydrogen-bond acceptors (Lipinski definition) is 4. The summed E-state index contributed by atoms with van der Waals surface area (Å²) in [6.45, 7) is 0. The molecule has 0 spiro atoms. The molecule has 0 amide bonds. The summed E-state index contributed by atoms with van der Waals surface area (Å²) < 4.78 is 27.7. The molecule has 0 unspecified atom stereocenters. The number of nitrogens with zero attached hydrogens (tertiary/aromatic N) is 3. The van der Waals surface area contributed by atoms with Crippen LogP contribution in [0.3, 0.4) is 0 Å². The van der Waals surface area contributed by atoms with Gasteiger partial charge in [0, 0.05) is 27.8 Å². The van der Waals surface area contributed by atoms with Gasteiger partial charge >= 0.3 is 0 Å². The van der Waals surface area contributed by atoms with Crippen LogP contribution < -0.4 is 0 Å². The van der Waals surface area contributed by atoms with Crippen molar-refractivity contribution < 1.29 is 8.42 Å². The first-order valence-electron chi connectivity index (χ1n) is 5.65. The third-order valence-electron chi connectivity index (χ3n) is 2.61. The lowest BCUT2D eigenvalue weighted by molar-refractivity contribution is 0.603. The molecule has 2 aromatic rings. The molecule has 0 saturated heterocycles. The highest BCUT2D eigenvalue weighted by molar-refractivity contribution is 9.11. The van der Waals surface area contributed by atoms with Crippen molar-refractivity contribution in [2.24, 2.45) is 7.05 Å². The van der Waals surface area contributed by atoms with Crippen LogP contribution in [-0.2, 0) is 16.9 Å². The standard InChI is InChI=1S/C13H9Br2N3O2S/c1-18-8-9(7-17-18)4-11(6-16)21(19,20)13-5-10(14)2-3-12(13)15/h2-5,7-8H,1H3. The Morgan fingerprint density at radius 1 is 1.43 bits per heavy atom. The molecule has 1 aromatic heterocycles. The smallest absolute Gasteiger partial charge is 0.217 e. The first kappa shape index (κ1) is 15.9. The van der Waals surface area contributed by atoms with Gasteiger partial charge in [0.15, 0.2) is 0 Å². The summed E-state index contributed by atoms with van der Waals surface area (Å²) in [4.78, 5) is -0.303. The maximum absolute atomic E-state index is 12.6. The van der Waals surface area contributed by atoms with E-state index < -0.39 is 9.84 Å². The van der Waals surface area contributed by atoms with Gasteiger partial charge in [-0.15, -0.1) is 0 Å². The minimum atomic E-state index is -3.91. The van der Waals surface area contributed by atoms with E-state index in [0.29, 0.717) is 14.5 Å². The monoisotopic (exact) mass is 429 g/mol. The molecule has 0 aliphatic carbocycles. The van der Waals surface area contributed by atoms with Gasteiger partial charge in [-0.25, -0.2) is 8.42 Å². The van der Waals surface area contributed by atoms with Crippen molar-refractivity contribution in [1.29, 1.82) is 5.26 Å². The van der Waals surface area contributed by atoms with Crippen molar-refractivity contribution in [3.63, 3.8) is 0 Å². The fourth-order valence-corrected chi connectivity index (χ4v) is 4.29. The predicted octanol–water partition coefficient (Wildman–Crippen LogP) is 3.28. The maximum Gasteiger partial charge on any atom is 0.217 e. The van der Waals surface area contributed by atoms with Gasteiger partial charge in [-0.05, 0) is 40.2 Å². The second kappa shape index (κ2) is 6.13. The summed E-state index contributed by atoms with van der Waals surface area (Å²) in [6, 6.07) is 6.51. The van der Waals surface area contributed by atoms with Crippen molar-refractivity contribution in [3.8, 4) is 6.07 Å². The van der Waals surface area contributed by atoms with Crippen LogP contribution in [0.2, 0.25) is 0 Å². The first-order chi connectivity index (χ1) is 9.84. The number of aromatic nitrogens is 2. The minimum absolute atomic E-state index is 0.0357. The molecule has 0 fully saturated rings. The summed E-state index contributed by atoms with van der Waals surface area (Å²) in [7, 11) is -2.20. The van der Waals surface area contributed by atoms with Gasteiger partial charge in [-0.1, -0.05) is 15.9 Å². The summed E-state index contributed by atoms with van der Waals surface area (Å²) in [5, 5.41) is 13.1. The molecular formula is C13H9Br2N3O2S. The number of halogens is 2. The highest BCUT2D eigenvalue weighted by Gasteiger charge is 2.24. The van der Waals surface area contributed by atoms with Crippen LogP contribution >= 0.6 is 31.9 Å². The maximum atomic E-state index is 12.6. The van der Waals surface area contributed by atoms with Gasteiger partial charge in [-0.2, -0.15) is 10.4 Å². The Morgan fingerprint density at radius 2 is 2.14 bits per heavy atom. The largest absolute Gasteiger partial charge is 0.275 e. The van der Waals surface area contributed by atoms with Crippen LogP contribution in [0.1, 0.15) is 5.56 Å². The molecule has 5 nitrogen and oxygen atoms in total. The molecule has 108 valence electrons. The molecule has 0 bridgehead atoms. The van der Waals surface area contributed by atoms with E-state index in [2.05, 4.69) is 37.0 Å². The highest BCUT2D eigenvalue weighted by Crippen LogP contribution is 2.30. The molecule has 0 atom stereocenters. The van der Waals surface area contributed by atoms with E-state index in [1.54, 1.807) is 31.4 Å². The van der Waals surface area contributed by atoms with E-state index in [9.17, 15) is 13.7 Å². The summed E-state index contributed by atoms with van der Waals surface area (Å²) in [5.74, 6) is 0. The number of nitriles is 1. The molecule has 0 radical (unpaired) electrons. The molecule has 21 heavy (non-hydrogen) atoms. The van der Waals surface area contributed by atoms with Crippen molar-refractivity contribution in [1.82, 2.24) is 9.78 Å². The van der Waals surface area contributed by atoms with Gasteiger partial charge in [-0.3, -0.25) is 4.68 Å². The van der Waals surface area contributed by atoms with Crippen LogP contribution in [0.15, 0.2) is 49.3 Å². The van der Waals surface area contributed by atoms with Gasteiger partial charge in [0.1, 0.15) is 11.0 Å². The van der Waals surface area contributed by atoms with Crippen LogP contribution in [0, 0.1) is 11.3 Å². The summed E-state index contributed by atoms with van der Waals surface area (Å²) >= 11 is 6.43. The lowest BCUT2D eigenvalue weighted by Gasteiger charge is -2.06. The summed E-state index contributed by atoms with van der Waals surface area (Å²) in [5.41, 5.74) is 0.545. The predicted molar refractivity (Wildman–Crippen MR) is 85.8 cm³/mol. The Balaban J connectivity index is 2.58. The normalized spacial score (nSPS) is 12.2. The lowest BCUT2D eigenvalue weighted by atomic mass is 10.3. The number of aryl methyl sites for hydroxylation is 1. The van der Waals surface area contributed by atoms with Crippen LogP contribution in [-0.4, -0.2) is 18.2 Å². The third-order valence-corrected chi connectivity index (χ3v) is 5.76. The zero-order valence-corrected chi connectivity index (χ0v) is 14.8. The van der Waals surface area contributed by atoms with Crippen LogP contribution in [0.25, 0.3) is 6.08 Å². The average Bonchev–Trinajstić information content (AvgIpc) is 2.84. The van der Waals surface area contributed by atoms with Gasteiger partial charge in [0.05, 0.1) is 11.1 Å². The van der Waals surface area contributed by atoms with Crippen molar-refractivity contribution in [2.75, 3.05) is 0 Å². The molecule has 0 N–H and O–H groups in total. The Morgan fingerprint density at radius 3 is 2.71 bits per heavy atom. The average molecular weight is 431 g/mol. The van der Waals surface area contributed by atoms with Crippen LogP contribution in [0.4, 0.5) is 0 Å². The Kier molecular flexibility index (Phi) is 4.66. The zero-order valence-electron chi connectivity index (χ0n) is 10.8. The molecular weight excluding hydrogens is 422 g/mol. The summed E-state index contributed by atoms with van der Waals surface area (Å²) in [6.07, 6.45) is 4.42. The van der Waals surface area contributed by atoms with Gasteiger partial charge in [0.25, 0.3) is 0 Å². The number of hydrogen-bond donors (Lipinski definition) is 0. The van der Waals surface area contributed by atoms with Crippen LogP contribution in [0.5, 0.6) is 0 Å². The Hall–Kier alpha value is -1.43. The minimum Gasteiger partial charge on any atom is -0.275 e. The molecule has 8 heteroatoms. The third kappa shape index (κ3) is 3.43. The van der Waals surface area contributed by atoms with E-state index in [-0.39, 0.29) is 9.80 Å². The SMILES string of the molecule is Cn1cc(C=C(C#N)S(=O)(=O)c2cc(Br)ccc2Br)cn1. The fourth-order valence-electron chi connectivity index (χ4n) is 1.64. The molecule has 0 aliphatic heterocycles. The van der Waals surface area contributed by atoms with Crippen molar-refractivity contribution in [2.45, 2.75) is 4.90 Å². The van der Waals surface area contributed by atoms with Crippen molar-refractivity contribution in [3.05, 3.63) is 50.0 Å². The lowest BCUT2D eigenvalue weighted by Crippen LogP contribution is -2.04. The molecule has 2 rings (SSSR count). The number of sulfone groups is 1. The highest BCUT2D eigenvalue weighted by atomic mass is 79.9. The molecule has 0 saturated carbocycles. The molecule has 1 heterocycles. The Labute approximate surface area is 139 Å².